The first kappa shape index (κ1) is 13.2. The number of halogens is 2. The van der Waals surface area contributed by atoms with Gasteiger partial charge in [-0.1, -0.05) is 34.1 Å². The summed E-state index contributed by atoms with van der Waals surface area (Å²) in [6.45, 7) is 0. The molecule has 0 unspecified atom stereocenters. The Morgan fingerprint density at radius 3 is 2.60 bits per heavy atom. The molecule has 0 radical (unpaired) electrons. The minimum Gasteiger partial charge on any atom is -0.268 e. The predicted octanol–water partition coefficient (Wildman–Crippen LogP) is 4.50. The highest BCUT2D eigenvalue weighted by Gasteiger charge is 2.12. The lowest BCUT2D eigenvalue weighted by Gasteiger charge is -2.07. The van der Waals surface area contributed by atoms with Gasteiger partial charge in [0, 0.05) is 15.7 Å². The van der Waals surface area contributed by atoms with Gasteiger partial charge in [-0.05, 0) is 42.5 Å². The number of nitrogens with one attached hydrogen (secondary N) is 1. The summed E-state index contributed by atoms with van der Waals surface area (Å²) in [5.74, 6) is 0.240. The maximum Gasteiger partial charge on any atom is 0.200 e. The molecule has 1 N–H and O–H groups in total. The van der Waals surface area contributed by atoms with Gasteiger partial charge in [0.2, 0.25) is 0 Å². The average molecular weight is 350 g/mol. The molecule has 0 aliphatic carbocycles. The lowest BCUT2D eigenvalue weighted by atomic mass is 10.2. The fourth-order valence-electron chi connectivity index (χ4n) is 1.99. The average Bonchev–Trinajstić information content (AvgIpc) is 2.80. The van der Waals surface area contributed by atoms with Gasteiger partial charge in [0.15, 0.2) is 10.6 Å². The lowest BCUT2D eigenvalue weighted by molar-refractivity contribution is 0.627. The van der Waals surface area contributed by atoms with Crippen molar-refractivity contribution in [2.24, 2.45) is 0 Å². The molecule has 0 fully saturated rings. The molecule has 0 saturated carbocycles. The molecule has 0 atom stereocenters. The molecule has 2 aromatic carbocycles. The van der Waals surface area contributed by atoms with Crippen LogP contribution in [0.5, 0.6) is 0 Å². The summed E-state index contributed by atoms with van der Waals surface area (Å²) in [6.07, 6.45) is 0. The summed E-state index contributed by atoms with van der Waals surface area (Å²) < 4.78 is 16.4. The standard InChI is InChI=1S/C14H9BrFN3S/c15-10-6-9(7-11(16)8-10)13-17-18-14(20)19(13)12-4-2-1-3-5-12/h1-8H,(H,18,20). The minimum absolute atomic E-state index is 0.331. The smallest absolute Gasteiger partial charge is 0.200 e. The zero-order chi connectivity index (χ0) is 14.1. The highest BCUT2D eigenvalue weighted by molar-refractivity contribution is 9.10. The topological polar surface area (TPSA) is 33.6 Å². The van der Waals surface area contributed by atoms with Crippen LogP contribution in [-0.4, -0.2) is 14.8 Å². The van der Waals surface area contributed by atoms with Crippen LogP contribution in [-0.2, 0) is 0 Å². The van der Waals surface area contributed by atoms with Gasteiger partial charge in [0.25, 0.3) is 0 Å². The van der Waals surface area contributed by atoms with Crippen LogP contribution in [0.15, 0.2) is 53.0 Å². The molecule has 3 nitrogen and oxygen atoms in total. The normalized spacial score (nSPS) is 10.7. The molecule has 0 spiro atoms. The number of aromatic amines is 1. The summed E-state index contributed by atoms with van der Waals surface area (Å²) in [4.78, 5) is 0. The second kappa shape index (κ2) is 5.30. The van der Waals surface area contributed by atoms with Crippen molar-refractivity contribution in [1.29, 1.82) is 0 Å². The van der Waals surface area contributed by atoms with Gasteiger partial charge in [-0.2, -0.15) is 5.10 Å². The molecule has 1 heterocycles. The number of aromatic nitrogens is 3. The second-order valence-corrected chi connectivity index (χ2v) is 5.48. The highest BCUT2D eigenvalue weighted by Crippen LogP contribution is 2.25. The third-order valence-corrected chi connectivity index (χ3v) is 3.54. The van der Waals surface area contributed by atoms with Crippen molar-refractivity contribution in [2.75, 3.05) is 0 Å². The Balaban J connectivity index is 2.24. The number of H-pyrrole nitrogens is 1. The quantitative estimate of drug-likeness (QED) is 0.691. The van der Waals surface area contributed by atoms with E-state index in [-0.39, 0.29) is 5.82 Å². The van der Waals surface area contributed by atoms with Crippen LogP contribution in [0, 0.1) is 10.6 Å². The van der Waals surface area contributed by atoms with Crippen molar-refractivity contribution in [1.82, 2.24) is 14.8 Å². The summed E-state index contributed by atoms with van der Waals surface area (Å²) >= 11 is 8.54. The summed E-state index contributed by atoms with van der Waals surface area (Å²) in [6, 6.07) is 14.2. The van der Waals surface area contributed by atoms with Gasteiger partial charge in [0.05, 0.1) is 0 Å². The third kappa shape index (κ3) is 2.44. The molecule has 0 aliphatic heterocycles. The molecular formula is C14H9BrFN3S. The van der Waals surface area contributed by atoms with E-state index in [9.17, 15) is 4.39 Å². The van der Waals surface area contributed by atoms with Crippen molar-refractivity contribution in [3.63, 3.8) is 0 Å². The Labute approximate surface area is 128 Å². The number of benzene rings is 2. The van der Waals surface area contributed by atoms with E-state index < -0.39 is 0 Å². The Morgan fingerprint density at radius 1 is 1.15 bits per heavy atom. The maximum atomic E-state index is 13.6. The van der Waals surface area contributed by atoms with Gasteiger partial charge in [-0.3, -0.25) is 9.67 Å². The molecule has 20 heavy (non-hydrogen) atoms. The van der Waals surface area contributed by atoms with Crippen LogP contribution in [0.2, 0.25) is 0 Å². The fourth-order valence-corrected chi connectivity index (χ4v) is 2.69. The maximum absolute atomic E-state index is 13.6. The zero-order valence-corrected chi connectivity index (χ0v) is 12.6. The molecule has 3 rings (SSSR count). The summed E-state index contributed by atoms with van der Waals surface area (Å²) in [5, 5.41) is 6.95. The second-order valence-electron chi connectivity index (χ2n) is 4.18. The molecule has 0 amide bonds. The largest absolute Gasteiger partial charge is 0.268 e. The van der Waals surface area contributed by atoms with E-state index >= 15 is 0 Å². The van der Waals surface area contributed by atoms with Crippen LogP contribution >= 0.6 is 28.1 Å². The predicted molar refractivity (Wildman–Crippen MR) is 81.8 cm³/mol. The minimum atomic E-state index is -0.331. The molecule has 0 bridgehead atoms. The van der Waals surface area contributed by atoms with Crippen LogP contribution < -0.4 is 0 Å². The molecular weight excluding hydrogens is 341 g/mol. The summed E-state index contributed by atoms with van der Waals surface area (Å²) in [7, 11) is 0. The Hall–Kier alpha value is -1.79. The number of nitrogens with zero attached hydrogens (tertiary/aromatic N) is 2. The zero-order valence-electron chi connectivity index (χ0n) is 10.2. The van der Waals surface area contributed by atoms with E-state index in [1.807, 2.05) is 30.3 Å². The van der Waals surface area contributed by atoms with E-state index in [0.717, 1.165) is 5.69 Å². The number of hydrogen-bond acceptors (Lipinski definition) is 2. The fraction of sp³-hybridized carbons (Fsp3) is 0. The first-order chi connectivity index (χ1) is 9.65. The van der Waals surface area contributed by atoms with Gasteiger partial charge in [-0.15, -0.1) is 0 Å². The van der Waals surface area contributed by atoms with Gasteiger partial charge >= 0.3 is 0 Å². The Bertz CT molecular complexity index is 791. The summed E-state index contributed by atoms with van der Waals surface area (Å²) in [5.41, 5.74) is 1.52. The first-order valence-corrected chi connectivity index (χ1v) is 7.04. The van der Waals surface area contributed by atoms with Crippen molar-refractivity contribution in [3.8, 4) is 17.1 Å². The van der Waals surface area contributed by atoms with Crippen molar-refractivity contribution >= 4 is 28.1 Å². The van der Waals surface area contributed by atoms with Gasteiger partial charge in [-0.25, -0.2) is 4.39 Å². The van der Waals surface area contributed by atoms with Crippen LogP contribution in [0.3, 0.4) is 0 Å². The lowest BCUT2D eigenvalue weighted by Crippen LogP contribution is -1.97. The molecule has 0 saturated heterocycles. The molecule has 3 aromatic rings. The molecule has 1 aromatic heterocycles. The van der Waals surface area contributed by atoms with E-state index in [4.69, 9.17) is 12.2 Å². The molecule has 100 valence electrons. The van der Waals surface area contributed by atoms with Crippen molar-refractivity contribution in [2.45, 2.75) is 0 Å². The van der Waals surface area contributed by atoms with Gasteiger partial charge < -0.3 is 0 Å². The van der Waals surface area contributed by atoms with E-state index in [2.05, 4.69) is 26.1 Å². The number of hydrogen-bond donors (Lipinski definition) is 1. The van der Waals surface area contributed by atoms with Crippen LogP contribution in [0.1, 0.15) is 0 Å². The number of para-hydroxylation sites is 1. The first-order valence-electron chi connectivity index (χ1n) is 5.84. The third-order valence-electron chi connectivity index (χ3n) is 2.81. The SMILES string of the molecule is Fc1cc(Br)cc(-c2n[nH]c(=S)n2-c2ccccc2)c1. The monoisotopic (exact) mass is 349 g/mol. The van der Waals surface area contributed by atoms with E-state index in [1.165, 1.54) is 12.1 Å². The van der Waals surface area contributed by atoms with E-state index in [0.29, 0.717) is 20.6 Å². The van der Waals surface area contributed by atoms with E-state index in [1.54, 1.807) is 10.6 Å². The number of rotatable bonds is 2. The van der Waals surface area contributed by atoms with Crippen LogP contribution in [0.4, 0.5) is 4.39 Å². The highest BCUT2D eigenvalue weighted by atomic mass is 79.9. The molecule has 6 heteroatoms. The molecule has 0 aliphatic rings. The van der Waals surface area contributed by atoms with Crippen LogP contribution in [0.25, 0.3) is 17.1 Å². The van der Waals surface area contributed by atoms with Crippen molar-refractivity contribution < 1.29 is 4.39 Å². The Kier molecular flexibility index (Phi) is 3.50. The van der Waals surface area contributed by atoms with Gasteiger partial charge in [0.1, 0.15) is 5.82 Å². The van der Waals surface area contributed by atoms with Crippen molar-refractivity contribution in [3.05, 3.63) is 63.6 Å². The Morgan fingerprint density at radius 2 is 1.90 bits per heavy atom.